The Kier molecular flexibility index (Phi) is 4.27. The van der Waals surface area contributed by atoms with E-state index in [1.165, 1.54) is 0 Å². The second-order valence-corrected chi connectivity index (χ2v) is 4.79. The molecule has 104 valence electrons. The molecule has 1 aromatic rings. The monoisotopic (exact) mass is 264 g/mol. The molecule has 0 bridgehead atoms. The molecule has 1 saturated heterocycles. The molecule has 0 spiro atoms. The number of amides is 1. The summed E-state index contributed by atoms with van der Waals surface area (Å²) in [5.74, 6) is 0.870. The van der Waals surface area contributed by atoms with Gasteiger partial charge in [0.05, 0.1) is 18.8 Å². The highest BCUT2D eigenvalue weighted by atomic mass is 16.5. The van der Waals surface area contributed by atoms with Crippen molar-refractivity contribution >= 4 is 11.6 Å². The molecular formula is C14H20N2O3. The lowest BCUT2D eigenvalue weighted by Crippen LogP contribution is -2.32. The van der Waals surface area contributed by atoms with Gasteiger partial charge in [-0.15, -0.1) is 0 Å². The third kappa shape index (κ3) is 3.17. The summed E-state index contributed by atoms with van der Waals surface area (Å²) in [7, 11) is 1.57. The van der Waals surface area contributed by atoms with Gasteiger partial charge in [0.1, 0.15) is 5.75 Å². The number of nitrogen functional groups attached to an aromatic ring is 1. The number of methoxy groups -OCH3 is 1. The lowest BCUT2D eigenvalue weighted by atomic mass is 10.0. The molecule has 1 aliphatic heterocycles. The van der Waals surface area contributed by atoms with Crippen molar-refractivity contribution in [1.29, 1.82) is 0 Å². The molecule has 2 rings (SSSR count). The summed E-state index contributed by atoms with van der Waals surface area (Å²) in [5, 5.41) is 2.91. The normalized spacial score (nSPS) is 22.2. The van der Waals surface area contributed by atoms with E-state index in [9.17, 15) is 4.79 Å². The van der Waals surface area contributed by atoms with E-state index in [1.54, 1.807) is 25.3 Å². The van der Waals surface area contributed by atoms with E-state index in [1.807, 2.05) is 6.92 Å². The fraction of sp³-hybridized carbons (Fsp3) is 0.500. The minimum Gasteiger partial charge on any atom is -0.497 e. The van der Waals surface area contributed by atoms with Crippen molar-refractivity contribution in [3.63, 3.8) is 0 Å². The molecule has 1 fully saturated rings. The van der Waals surface area contributed by atoms with E-state index in [4.69, 9.17) is 15.2 Å². The average Bonchev–Trinajstić information content (AvgIpc) is 2.81. The lowest BCUT2D eigenvalue weighted by Gasteiger charge is -2.15. The Hall–Kier alpha value is -1.75. The molecule has 0 saturated carbocycles. The molecule has 5 nitrogen and oxygen atoms in total. The van der Waals surface area contributed by atoms with Gasteiger partial charge in [0.2, 0.25) is 0 Å². The Morgan fingerprint density at radius 1 is 1.58 bits per heavy atom. The van der Waals surface area contributed by atoms with Crippen molar-refractivity contribution in [2.45, 2.75) is 19.4 Å². The van der Waals surface area contributed by atoms with E-state index in [-0.39, 0.29) is 12.0 Å². The number of nitrogens with one attached hydrogen (secondary N) is 1. The second kappa shape index (κ2) is 5.93. The van der Waals surface area contributed by atoms with Gasteiger partial charge in [0, 0.05) is 30.8 Å². The van der Waals surface area contributed by atoms with E-state index in [2.05, 4.69) is 5.32 Å². The van der Waals surface area contributed by atoms with Gasteiger partial charge >= 0.3 is 0 Å². The minimum absolute atomic E-state index is 0.153. The number of hydrogen-bond acceptors (Lipinski definition) is 4. The number of hydrogen-bond donors (Lipinski definition) is 2. The van der Waals surface area contributed by atoms with E-state index in [0.717, 1.165) is 13.0 Å². The predicted octanol–water partition coefficient (Wildman–Crippen LogP) is 1.43. The molecular weight excluding hydrogens is 244 g/mol. The van der Waals surface area contributed by atoms with Crippen molar-refractivity contribution in [1.82, 2.24) is 5.32 Å². The van der Waals surface area contributed by atoms with Crippen LogP contribution in [-0.2, 0) is 4.74 Å². The number of carbonyl (C=O) groups is 1. The topological polar surface area (TPSA) is 73.6 Å². The van der Waals surface area contributed by atoms with Crippen LogP contribution in [0.3, 0.4) is 0 Å². The second-order valence-electron chi connectivity index (χ2n) is 4.79. The first-order valence-corrected chi connectivity index (χ1v) is 6.45. The van der Waals surface area contributed by atoms with E-state index in [0.29, 0.717) is 29.5 Å². The van der Waals surface area contributed by atoms with Crippen LogP contribution in [-0.4, -0.2) is 32.3 Å². The molecule has 1 heterocycles. The van der Waals surface area contributed by atoms with Crippen LogP contribution < -0.4 is 15.8 Å². The predicted molar refractivity (Wildman–Crippen MR) is 73.3 cm³/mol. The lowest BCUT2D eigenvalue weighted by molar-refractivity contribution is 0.0908. The fourth-order valence-electron chi connectivity index (χ4n) is 2.24. The summed E-state index contributed by atoms with van der Waals surface area (Å²) in [6.45, 7) is 3.42. The zero-order chi connectivity index (χ0) is 13.8. The van der Waals surface area contributed by atoms with Crippen LogP contribution in [0, 0.1) is 5.92 Å². The molecule has 0 radical (unpaired) electrons. The van der Waals surface area contributed by atoms with Crippen molar-refractivity contribution in [2.75, 3.05) is 26.0 Å². The highest BCUT2D eigenvalue weighted by Crippen LogP contribution is 2.21. The third-order valence-electron chi connectivity index (χ3n) is 3.56. The first kappa shape index (κ1) is 13.7. The largest absolute Gasteiger partial charge is 0.497 e. The van der Waals surface area contributed by atoms with E-state index < -0.39 is 0 Å². The molecule has 3 N–H and O–H groups in total. The van der Waals surface area contributed by atoms with Gasteiger partial charge < -0.3 is 20.5 Å². The van der Waals surface area contributed by atoms with Gasteiger partial charge in [-0.05, 0) is 25.5 Å². The molecule has 1 aromatic carbocycles. The average molecular weight is 264 g/mol. The van der Waals surface area contributed by atoms with Crippen LogP contribution in [0.15, 0.2) is 18.2 Å². The zero-order valence-corrected chi connectivity index (χ0v) is 11.3. The number of benzene rings is 1. The molecule has 2 atom stereocenters. The SMILES string of the molecule is COc1ccc(C(=O)NCC2CCOC2C)c(N)c1. The van der Waals surface area contributed by atoms with Crippen molar-refractivity contribution in [3.8, 4) is 5.75 Å². The molecule has 0 aliphatic carbocycles. The molecule has 2 unspecified atom stereocenters. The van der Waals surface area contributed by atoms with E-state index >= 15 is 0 Å². The third-order valence-corrected chi connectivity index (χ3v) is 3.56. The van der Waals surface area contributed by atoms with Gasteiger partial charge in [0.25, 0.3) is 5.91 Å². The highest BCUT2D eigenvalue weighted by Gasteiger charge is 2.24. The molecule has 0 aromatic heterocycles. The van der Waals surface area contributed by atoms with Crippen LogP contribution in [0.5, 0.6) is 5.75 Å². The Morgan fingerprint density at radius 2 is 2.37 bits per heavy atom. The number of anilines is 1. The Bertz CT molecular complexity index is 462. The summed E-state index contributed by atoms with van der Waals surface area (Å²) in [6.07, 6.45) is 1.19. The molecule has 1 amide bonds. The van der Waals surface area contributed by atoms with Crippen molar-refractivity contribution < 1.29 is 14.3 Å². The number of ether oxygens (including phenoxy) is 2. The van der Waals surface area contributed by atoms with Gasteiger partial charge in [-0.25, -0.2) is 0 Å². The summed E-state index contributed by atoms with van der Waals surface area (Å²) >= 11 is 0. The zero-order valence-electron chi connectivity index (χ0n) is 11.3. The smallest absolute Gasteiger partial charge is 0.253 e. The van der Waals surface area contributed by atoms with Crippen LogP contribution in [0.2, 0.25) is 0 Å². The van der Waals surface area contributed by atoms with Gasteiger partial charge in [-0.3, -0.25) is 4.79 Å². The van der Waals surface area contributed by atoms with Crippen LogP contribution in [0.4, 0.5) is 5.69 Å². The number of carbonyl (C=O) groups excluding carboxylic acids is 1. The van der Waals surface area contributed by atoms with Gasteiger partial charge in [-0.1, -0.05) is 0 Å². The standard InChI is InChI=1S/C14H20N2O3/c1-9-10(5-6-19-9)8-16-14(17)12-4-3-11(18-2)7-13(12)15/h3-4,7,9-10H,5-6,8,15H2,1-2H3,(H,16,17). The maximum Gasteiger partial charge on any atom is 0.253 e. The molecule has 1 aliphatic rings. The molecule has 5 heteroatoms. The Balaban J connectivity index is 1.96. The molecule has 19 heavy (non-hydrogen) atoms. The first-order valence-electron chi connectivity index (χ1n) is 6.45. The Morgan fingerprint density at radius 3 is 2.95 bits per heavy atom. The summed E-state index contributed by atoms with van der Waals surface area (Å²) in [5.41, 5.74) is 6.75. The van der Waals surface area contributed by atoms with Crippen LogP contribution in [0.1, 0.15) is 23.7 Å². The number of nitrogens with two attached hydrogens (primary N) is 1. The Labute approximate surface area is 113 Å². The van der Waals surface area contributed by atoms with Crippen LogP contribution >= 0.6 is 0 Å². The van der Waals surface area contributed by atoms with Crippen LogP contribution in [0.25, 0.3) is 0 Å². The minimum atomic E-state index is -0.153. The quantitative estimate of drug-likeness (QED) is 0.807. The highest BCUT2D eigenvalue weighted by molar-refractivity contribution is 5.99. The summed E-state index contributed by atoms with van der Waals surface area (Å²) in [6, 6.07) is 5.06. The van der Waals surface area contributed by atoms with Gasteiger partial charge in [-0.2, -0.15) is 0 Å². The summed E-state index contributed by atoms with van der Waals surface area (Å²) < 4.78 is 10.5. The van der Waals surface area contributed by atoms with Crippen molar-refractivity contribution in [3.05, 3.63) is 23.8 Å². The maximum absolute atomic E-state index is 12.1. The fourth-order valence-corrected chi connectivity index (χ4v) is 2.24. The summed E-state index contributed by atoms with van der Waals surface area (Å²) in [4.78, 5) is 12.1. The van der Waals surface area contributed by atoms with Crippen molar-refractivity contribution in [2.24, 2.45) is 5.92 Å². The van der Waals surface area contributed by atoms with Gasteiger partial charge in [0.15, 0.2) is 0 Å². The first-order chi connectivity index (χ1) is 9.11. The number of rotatable bonds is 4. The maximum atomic E-state index is 12.1.